The molecular weight excluding hydrogens is 891 g/mol. The summed E-state index contributed by atoms with van der Waals surface area (Å²) in [6.45, 7) is 10.9. The topological polar surface area (TPSA) is 296 Å². The van der Waals surface area contributed by atoms with Crippen LogP contribution in [0.3, 0.4) is 0 Å². The Kier molecular flexibility index (Phi) is 19.0. The number of hydrogen-bond donors (Lipinski definition) is 7. The Labute approximate surface area is 400 Å². The van der Waals surface area contributed by atoms with E-state index >= 15 is 0 Å². The molecule has 69 heavy (non-hydrogen) atoms. The normalized spacial score (nSPS) is 13.5. The van der Waals surface area contributed by atoms with Crippen LogP contribution in [0.2, 0.25) is 0 Å². The van der Waals surface area contributed by atoms with Crippen molar-refractivity contribution in [2.24, 2.45) is 11.7 Å². The summed E-state index contributed by atoms with van der Waals surface area (Å²) in [6, 6.07) is 11.5. The summed E-state index contributed by atoms with van der Waals surface area (Å²) in [5.74, 6) is -1.59. The van der Waals surface area contributed by atoms with Crippen LogP contribution in [-0.4, -0.2) is 122 Å². The first kappa shape index (κ1) is 52.8. The van der Waals surface area contributed by atoms with Crippen molar-refractivity contribution >= 4 is 75.1 Å². The Balaban J connectivity index is 1.16. The van der Waals surface area contributed by atoms with Gasteiger partial charge in [-0.25, -0.2) is 19.6 Å². The van der Waals surface area contributed by atoms with Crippen LogP contribution in [0, 0.1) is 5.92 Å². The molecule has 4 aromatic rings. The van der Waals surface area contributed by atoms with Gasteiger partial charge in [0.2, 0.25) is 17.7 Å². The fourth-order valence-electron chi connectivity index (χ4n) is 7.84. The number of unbranched alkanes of at least 4 members (excludes halogenated alkanes) is 2. The smallest absolute Gasteiger partial charge is 0.407 e. The quantitative estimate of drug-likeness (QED) is 0.0327. The van der Waals surface area contributed by atoms with Crippen LogP contribution in [-0.2, 0) is 53.1 Å². The summed E-state index contributed by atoms with van der Waals surface area (Å²) in [5.41, 5.74) is 13.9. The molecule has 21 nitrogen and oxygen atoms in total. The predicted octanol–water partition coefficient (Wildman–Crippen LogP) is 4.18. The van der Waals surface area contributed by atoms with E-state index in [2.05, 4.69) is 26.3 Å². The molecule has 0 bridgehead atoms. The predicted molar refractivity (Wildman–Crippen MR) is 258 cm³/mol. The molecule has 9 N–H and O–H groups in total. The third-order valence-electron chi connectivity index (χ3n) is 11.4. The lowest BCUT2D eigenvalue weighted by molar-refractivity contribution is -0.137. The first-order valence-electron chi connectivity index (χ1n) is 23.2. The van der Waals surface area contributed by atoms with Gasteiger partial charge in [-0.15, -0.1) is 0 Å². The number of pyridine rings is 1. The number of hydrogen-bond acceptors (Lipinski definition) is 12. The number of primary amides is 1. The van der Waals surface area contributed by atoms with Gasteiger partial charge in [-0.2, -0.15) is 0 Å². The number of nitrogens with two attached hydrogens (primary N) is 2. The number of para-hydroxylation sites is 1. The minimum atomic E-state index is -1.15. The number of imide groups is 1. The number of aromatic nitrogens is 3. The average Bonchev–Trinajstić information content (AvgIpc) is 3.82. The zero-order chi connectivity index (χ0) is 50.3. The molecule has 5 rings (SSSR count). The van der Waals surface area contributed by atoms with E-state index in [1.165, 1.54) is 17.1 Å². The Morgan fingerprint density at radius 3 is 2.29 bits per heavy atom. The van der Waals surface area contributed by atoms with Crippen LogP contribution in [0.1, 0.15) is 84.5 Å². The maximum atomic E-state index is 13.7. The molecule has 0 spiro atoms. The average molecular weight is 956 g/mol. The lowest BCUT2D eigenvalue weighted by Crippen LogP contribution is -2.54. The number of carbonyl (C=O) groups excluding carboxylic acids is 6. The number of benzene rings is 2. The Hall–Kier alpha value is -7.13. The van der Waals surface area contributed by atoms with E-state index in [1.807, 2.05) is 49.6 Å². The van der Waals surface area contributed by atoms with Gasteiger partial charge in [-0.1, -0.05) is 50.6 Å². The van der Waals surface area contributed by atoms with Crippen molar-refractivity contribution in [1.82, 2.24) is 40.3 Å². The first-order valence-corrected chi connectivity index (χ1v) is 23.2. The molecule has 2 atom stereocenters. The Morgan fingerprint density at radius 1 is 0.913 bits per heavy atom. The van der Waals surface area contributed by atoms with Gasteiger partial charge in [0.1, 0.15) is 30.0 Å². The zero-order valence-corrected chi connectivity index (χ0v) is 39.9. The summed E-state index contributed by atoms with van der Waals surface area (Å²) < 4.78 is 14.1. The molecule has 2 aromatic heterocycles. The largest absolute Gasteiger partial charge is 0.465 e. The van der Waals surface area contributed by atoms with E-state index in [0.717, 1.165) is 21.3 Å². The number of imidazole rings is 1. The van der Waals surface area contributed by atoms with Gasteiger partial charge in [0.15, 0.2) is 5.82 Å². The van der Waals surface area contributed by atoms with E-state index in [9.17, 15) is 38.7 Å². The number of carboxylic acid groups (broad SMARTS) is 1. The van der Waals surface area contributed by atoms with Gasteiger partial charge in [-0.3, -0.25) is 28.9 Å². The SMILES string of the molecule is CCOCc1nc2c(N)nc3ccccc3c2n1CC(C)(C)OCCN(Cc1ccc(NC(=O)[C@H](CCCNC(N)=O)NC(=O)[C@@H](NC(=O)CCCCCN2C(=O)C=CC2=O)C(C)C)cc1)C(=O)O. The van der Waals surface area contributed by atoms with Crippen LogP contribution >= 0.6 is 0 Å². The van der Waals surface area contributed by atoms with Crippen molar-refractivity contribution in [3.8, 4) is 0 Å². The number of nitrogens with zero attached hydrogens (tertiary/aromatic N) is 5. The van der Waals surface area contributed by atoms with Gasteiger partial charge in [-0.05, 0) is 76.1 Å². The maximum Gasteiger partial charge on any atom is 0.407 e. The number of anilines is 2. The van der Waals surface area contributed by atoms with Crippen molar-refractivity contribution in [3.63, 3.8) is 0 Å². The van der Waals surface area contributed by atoms with Crippen molar-refractivity contribution in [1.29, 1.82) is 0 Å². The van der Waals surface area contributed by atoms with E-state index in [1.54, 1.807) is 38.1 Å². The second kappa shape index (κ2) is 24.8. The van der Waals surface area contributed by atoms with Crippen molar-refractivity contribution in [2.45, 2.75) is 111 Å². The van der Waals surface area contributed by atoms with Crippen LogP contribution in [0.5, 0.6) is 0 Å². The molecule has 372 valence electrons. The Morgan fingerprint density at radius 2 is 1.62 bits per heavy atom. The molecule has 2 aromatic carbocycles. The fraction of sp³-hybridized carbons (Fsp3) is 0.479. The summed E-state index contributed by atoms with van der Waals surface area (Å²) in [4.78, 5) is 99.2. The molecule has 0 fully saturated rings. The summed E-state index contributed by atoms with van der Waals surface area (Å²) in [7, 11) is 0. The van der Waals surface area contributed by atoms with Crippen LogP contribution in [0.25, 0.3) is 21.9 Å². The van der Waals surface area contributed by atoms with Crippen LogP contribution in [0.4, 0.5) is 21.1 Å². The highest BCUT2D eigenvalue weighted by molar-refractivity contribution is 6.13. The number of fused-ring (bicyclic) bond motifs is 3. The monoisotopic (exact) mass is 955 g/mol. The van der Waals surface area contributed by atoms with E-state index in [-0.39, 0.29) is 82.3 Å². The molecule has 0 radical (unpaired) electrons. The lowest BCUT2D eigenvalue weighted by atomic mass is 10.0. The third-order valence-corrected chi connectivity index (χ3v) is 11.4. The molecular formula is C48H65N11O10. The lowest BCUT2D eigenvalue weighted by Gasteiger charge is -2.29. The van der Waals surface area contributed by atoms with Crippen molar-refractivity contribution < 1.29 is 48.1 Å². The first-order chi connectivity index (χ1) is 32.9. The molecule has 0 saturated carbocycles. The summed E-state index contributed by atoms with van der Waals surface area (Å²) in [5, 5.41) is 21.8. The van der Waals surface area contributed by atoms with Crippen molar-refractivity contribution in [3.05, 3.63) is 72.1 Å². The van der Waals surface area contributed by atoms with Gasteiger partial charge in [0.05, 0.1) is 29.8 Å². The number of ether oxygens (including phenoxy) is 2. The molecule has 0 unspecified atom stereocenters. The van der Waals surface area contributed by atoms with Crippen LogP contribution < -0.4 is 32.7 Å². The molecule has 21 heteroatoms. The zero-order valence-electron chi connectivity index (χ0n) is 39.9. The van der Waals surface area contributed by atoms with Crippen LogP contribution in [0.15, 0.2) is 60.7 Å². The number of rotatable bonds is 27. The number of nitrogen functional groups attached to an aromatic ring is 1. The second-order valence-electron chi connectivity index (χ2n) is 17.7. The van der Waals surface area contributed by atoms with E-state index in [4.69, 9.17) is 25.9 Å². The molecule has 3 heterocycles. The third kappa shape index (κ3) is 15.2. The number of urea groups is 1. The highest BCUT2D eigenvalue weighted by atomic mass is 16.5. The minimum absolute atomic E-state index is 0.0302. The Bertz CT molecular complexity index is 2490. The van der Waals surface area contributed by atoms with Gasteiger partial charge < -0.3 is 56.8 Å². The van der Waals surface area contributed by atoms with Gasteiger partial charge >= 0.3 is 12.1 Å². The highest BCUT2D eigenvalue weighted by Crippen LogP contribution is 2.31. The number of nitrogens with one attached hydrogen (secondary N) is 4. The highest BCUT2D eigenvalue weighted by Gasteiger charge is 2.30. The second-order valence-corrected chi connectivity index (χ2v) is 17.7. The molecule has 0 aliphatic carbocycles. The number of carbonyl (C=O) groups is 7. The van der Waals surface area contributed by atoms with Gasteiger partial charge in [0.25, 0.3) is 11.8 Å². The molecule has 0 saturated heterocycles. The molecule has 8 amide bonds. The van der Waals surface area contributed by atoms with E-state index in [0.29, 0.717) is 60.8 Å². The van der Waals surface area contributed by atoms with Crippen molar-refractivity contribution in [2.75, 3.05) is 43.9 Å². The summed E-state index contributed by atoms with van der Waals surface area (Å²) in [6.07, 6.45) is 3.39. The molecule has 1 aliphatic rings. The van der Waals surface area contributed by atoms with Gasteiger partial charge in [0, 0.05) is 62.4 Å². The maximum absolute atomic E-state index is 13.7. The fourth-order valence-corrected chi connectivity index (χ4v) is 7.84. The number of amides is 8. The minimum Gasteiger partial charge on any atom is -0.465 e. The molecule has 1 aliphatic heterocycles. The summed E-state index contributed by atoms with van der Waals surface area (Å²) >= 11 is 0. The standard InChI is InChI=1S/C48H65N11O10/c1-6-68-28-36-55-41-42(33-13-9-10-14-34(33)53-43(41)49)59(36)29-48(4,5)69-26-25-57(47(66)67)27-31-17-19-32(20-18-31)52-44(63)35(15-12-23-51-46(50)65)54-45(64)40(30(2)3)56-37(60)16-8-7-11-24-58-38(61)21-22-39(58)62/h9-10,13-14,17-22,30,35,40H,6-8,11-12,15-16,23-29H2,1-5H3,(H2,49,53)(H,52,63)(H,54,64)(H,56,60)(H,66,67)(H3,50,51,65)/t35-,40-/m0/s1. The van der Waals surface area contributed by atoms with E-state index < -0.39 is 41.6 Å².